The van der Waals surface area contributed by atoms with Gasteiger partial charge in [-0.1, -0.05) is 18.6 Å². The Morgan fingerprint density at radius 1 is 1.03 bits per heavy atom. The van der Waals surface area contributed by atoms with Gasteiger partial charge in [-0.25, -0.2) is 18.4 Å². The van der Waals surface area contributed by atoms with Crippen molar-refractivity contribution in [3.05, 3.63) is 41.4 Å². The van der Waals surface area contributed by atoms with E-state index in [1.54, 1.807) is 27.8 Å². The Morgan fingerprint density at radius 3 is 2.37 bits per heavy atom. The maximum absolute atomic E-state index is 12.7. The Bertz CT molecular complexity index is 946. The molecule has 162 valence electrons. The van der Waals surface area contributed by atoms with Crippen LogP contribution in [-0.2, 0) is 16.6 Å². The van der Waals surface area contributed by atoms with Gasteiger partial charge in [0.05, 0.1) is 11.4 Å². The minimum absolute atomic E-state index is 0.350. The highest BCUT2D eigenvalue weighted by Crippen LogP contribution is 2.21. The summed E-state index contributed by atoms with van der Waals surface area (Å²) >= 11 is 1.65. The molecule has 10 heteroatoms. The van der Waals surface area contributed by atoms with E-state index in [2.05, 4.69) is 19.8 Å². The number of aliphatic imine (C=N–C) groups is 1. The van der Waals surface area contributed by atoms with Crippen molar-refractivity contribution in [3.8, 4) is 0 Å². The first-order chi connectivity index (χ1) is 14.5. The molecule has 0 saturated carbocycles. The maximum atomic E-state index is 12.7. The molecule has 30 heavy (non-hydrogen) atoms. The lowest BCUT2D eigenvalue weighted by Crippen LogP contribution is -2.51. The molecule has 0 bridgehead atoms. The number of nitrogens with two attached hydrogens (primary N) is 1. The van der Waals surface area contributed by atoms with E-state index >= 15 is 0 Å². The second-order valence-corrected chi connectivity index (χ2v) is 10.4. The lowest BCUT2D eigenvalue weighted by atomic mass is 10.2. The number of piperazine rings is 1. The number of anilines is 1. The highest BCUT2D eigenvalue weighted by atomic mass is 32.2. The van der Waals surface area contributed by atoms with E-state index in [-0.39, 0.29) is 0 Å². The Hall–Kier alpha value is -2.17. The number of hydrogen-bond donors (Lipinski definition) is 1. The van der Waals surface area contributed by atoms with Gasteiger partial charge in [0.25, 0.3) is 0 Å². The van der Waals surface area contributed by atoms with E-state index in [1.165, 1.54) is 0 Å². The fourth-order valence-corrected chi connectivity index (χ4v) is 6.01. The summed E-state index contributed by atoms with van der Waals surface area (Å²) in [6.45, 7) is 5.01. The SMILES string of the molecule is NC(=NCc1ccc(S(=O)(=O)N2CCCCC2)cc1)N1CCN(c2nccs2)CC1. The number of aromatic nitrogens is 1. The maximum Gasteiger partial charge on any atom is 0.243 e. The van der Waals surface area contributed by atoms with Crippen molar-refractivity contribution in [1.29, 1.82) is 0 Å². The van der Waals surface area contributed by atoms with E-state index in [0.29, 0.717) is 30.5 Å². The Kier molecular flexibility index (Phi) is 6.55. The molecule has 2 fully saturated rings. The van der Waals surface area contributed by atoms with E-state index < -0.39 is 10.0 Å². The number of hydrogen-bond acceptors (Lipinski definition) is 6. The van der Waals surface area contributed by atoms with Crippen LogP contribution in [0.3, 0.4) is 0 Å². The van der Waals surface area contributed by atoms with Gasteiger partial charge in [-0.2, -0.15) is 4.31 Å². The summed E-state index contributed by atoms with van der Waals surface area (Å²) in [5, 5.41) is 3.03. The van der Waals surface area contributed by atoms with Crippen LogP contribution in [0.15, 0.2) is 45.7 Å². The number of nitrogens with zero attached hydrogens (tertiary/aromatic N) is 5. The summed E-state index contributed by atoms with van der Waals surface area (Å²) in [5.41, 5.74) is 7.14. The molecule has 2 saturated heterocycles. The van der Waals surface area contributed by atoms with Crippen molar-refractivity contribution in [2.75, 3.05) is 44.2 Å². The summed E-state index contributed by atoms with van der Waals surface area (Å²) in [7, 11) is -3.40. The summed E-state index contributed by atoms with van der Waals surface area (Å²) in [6.07, 6.45) is 4.79. The van der Waals surface area contributed by atoms with Crippen LogP contribution in [0.4, 0.5) is 5.13 Å². The molecule has 4 rings (SSSR count). The molecule has 0 unspecified atom stereocenters. The van der Waals surface area contributed by atoms with E-state index in [4.69, 9.17) is 5.73 Å². The number of thiazole rings is 1. The van der Waals surface area contributed by atoms with Gasteiger partial charge in [0.2, 0.25) is 10.0 Å². The van der Waals surface area contributed by atoms with Gasteiger partial charge in [0, 0.05) is 50.8 Å². The fourth-order valence-electron chi connectivity index (χ4n) is 3.79. The smallest absolute Gasteiger partial charge is 0.243 e. The molecule has 0 atom stereocenters. The number of piperidine rings is 1. The van der Waals surface area contributed by atoms with Crippen molar-refractivity contribution in [2.45, 2.75) is 30.7 Å². The molecule has 2 N–H and O–H groups in total. The van der Waals surface area contributed by atoms with Gasteiger partial charge in [-0.15, -0.1) is 11.3 Å². The highest BCUT2D eigenvalue weighted by Gasteiger charge is 2.25. The van der Waals surface area contributed by atoms with Crippen LogP contribution in [0.2, 0.25) is 0 Å². The van der Waals surface area contributed by atoms with Crippen molar-refractivity contribution in [3.63, 3.8) is 0 Å². The van der Waals surface area contributed by atoms with Gasteiger partial charge >= 0.3 is 0 Å². The average molecular weight is 449 g/mol. The third-order valence-corrected chi connectivity index (χ3v) is 8.34. The summed E-state index contributed by atoms with van der Waals surface area (Å²) < 4.78 is 27.1. The second-order valence-electron chi connectivity index (χ2n) is 7.57. The molecule has 2 aliphatic rings. The lowest BCUT2D eigenvalue weighted by Gasteiger charge is -2.35. The van der Waals surface area contributed by atoms with Crippen LogP contribution in [0.5, 0.6) is 0 Å². The van der Waals surface area contributed by atoms with E-state index in [1.807, 2.05) is 23.7 Å². The molecule has 1 aromatic carbocycles. The molecule has 2 aliphatic heterocycles. The first-order valence-corrected chi connectivity index (χ1v) is 12.6. The van der Waals surface area contributed by atoms with Crippen LogP contribution in [0, 0.1) is 0 Å². The molecule has 0 radical (unpaired) electrons. The second kappa shape index (κ2) is 9.32. The molecule has 0 spiro atoms. The van der Waals surface area contributed by atoms with Gasteiger partial charge in [-0.05, 0) is 30.5 Å². The number of benzene rings is 1. The van der Waals surface area contributed by atoms with Gasteiger partial charge < -0.3 is 15.5 Å². The Morgan fingerprint density at radius 2 is 1.73 bits per heavy atom. The summed E-state index contributed by atoms with van der Waals surface area (Å²) in [4.78, 5) is 13.6. The van der Waals surface area contributed by atoms with Gasteiger partial charge in [0.1, 0.15) is 0 Å². The zero-order chi connectivity index (χ0) is 21.0. The van der Waals surface area contributed by atoms with Crippen molar-refractivity contribution < 1.29 is 8.42 Å². The highest BCUT2D eigenvalue weighted by molar-refractivity contribution is 7.89. The fraction of sp³-hybridized carbons (Fsp3) is 0.500. The Labute approximate surface area is 182 Å². The summed E-state index contributed by atoms with van der Waals surface area (Å²) in [5.74, 6) is 0.527. The largest absolute Gasteiger partial charge is 0.370 e. The third kappa shape index (κ3) is 4.76. The number of rotatable bonds is 5. The predicted octanol–water partition coefficient (Wildman–Crippen LogP) is 1.95. The van der Waals surface area contributed by atoms with Gasteiger partial charge in [-0.3, -0.25) is 0 Å². The van der Waals surface area contributed by atoms with Crippen LogP contribution in [-0.4, -0.2) is 67.8 Å². The first-order valence-electron chi connectivity index (χ1n) is 10.3. The van der Waals surface area contributed by atoms with Crippen LogP contribution in [0.1, 0.15) is 24.8 Å². The molecule has 2 aromatic rings. The molecule has 3 heterocycles. The zero-order valence-electron chi connectivity index (χ0n) is 17.0. The lowest BCUT2D eigenvalue weighted by molar-refractivity contribution is 0.346. The normalized spacial score (nSPS) is 19.3. The van der Waals surface area contributed by atoms with Crippen LogP contribution < -0.4 is 10.6 Å². The summed E-state index contributed by atoms with van der Waals surface area (Å²) in [6, 6.07) is 7.01. The number of sulfonamides is 1. The monoisotopic (exact) mass is 448 g/mol. The van der Waals surface area contributed by atoms with Gasteiger partial charge in [0.15, 0.2) is 11.1 Å². The molecular formula is C20H28N6O2S2. The first kappa shape index (κ1) is 21.1. The zero-order valence-corrected chi connectivity index (χ0v) is 18.6. The van der Waals surface area contributed by atoms with Crippen LogP contribution >= 0.6 is 11.3 Å². The Balaban J connectivity index is 1.32. The standard InChI is InChI=1S/C20H28N6O2S2/c21-19(24-11-13-25(14-12-24)20-22-8-15-29-20)23-16-17-4-6-18(7-5-17)30(27,28)26-9-2-1-3-10-26/h4-8,15H,1-3,9-14,16H2,(H2,21,23). The molecule has 0 amide bonds. The predicted molar refractivity (Wildman–Crippen MR) is 120 cm³/mol. The molecule has 1 aromatic heterocycles. The molecule has 8 nitrogen and oxygen atoms in total. The van der Waals surface area contributed by atoms with Crippen molar-refractivity contribution >= 4 is 32.5 Å². The van der Waals surface area contributed by atoms with E-state index in [9.17, 15) is 8.42 Å². The molecule has 0 aliphatic carbocycles. The quantitative estimate of drug-likeness (QED) is 0.555. The van der Waals surface area contributed by atoms with Crippen LogP contribution in [0.25, 0.3) is 0 Å². The minimum Gasteiger partial charge on any atom is -0.370 e. The third-order valence-electron chi connectivity index (χ3n) is 5.59. The van der Waals surface area contributed by atoms with Crippen molar-refractivity contribution in [1.82, 2.24) is 14.2 Å². The average Bonchev–Trinajstić information content (AvgIpc) is 3.33. The number of guanidine groups is 1. The van der Waals surface area contributed by atoms with E-state index in [0.717, 1.165) is 56.1 Å². The topological polar surface area (TPSA) is 95.1 Å². The minimum atomic E-state index is -3.40. The molecular weight excluding hydrogens is 420 g/mol. The van der Waals surface area contributed by atoms with Crippen molar-refractivity contribution in [2.24, 2.45) is 10.7 Å².